The smallest absolute Gasteiger partial charge is 0.282 e. The van der Waals surface area contributed by atoms with Gasteiger partial charge in [0.1, 0.15) is 23.0 Å². The van der Waals surface area contributed by atoms with Crippen molar-refractivity contribution >= 4 is 39.4 Å². The number of hydrogen-bond acceptors (Lipinski definition) is 4. The minimum absolute atomic E-state index is 0.131. The normalized spacial score (nSPS) is 15.0. The van der Waals surface area contributed by atoms with E-state index >= 15 is 0 Å². The monoisotopic (exact) mass is 448 g/mol. The van der Waals surface area contributed by atoms with Gasteiger partial charge < -0.3 is 9.84 Å². The number of halogens is 1. The number of ether oxygens (including phenoxy) is 1. The highest BCUT2D eigenvalue weighted by Gasteiger charge is 2.33. The van der Waals surface area contributed by atoms with E-state index in [1.165, 1.54) is 0 Å². The fourth-order valence-electron chi connectivity index (χ4n) is 3.07. The first-order chi connectivity index (χ1) is 14.1. The van der Waals surface area contributed by atoms with Gasteiger partial charge in [-0.2, -0.15) is 0 Å². The van der Waals surface area contributed by atoms with Gasteiger partial charge in [-0.15, -0.1) is 0 Å². The second-order valence-corrected chi connectivity index (χ2v) is 7.23. The van der Waals surface area contributed by atoms with Crippen LogP contribution >= 0.6 is 15.9 Å². The Bertz CT molecular complexity index is 1140. The molecule has 0 atom stereocenters. The van der Waals surface area contributed by atoms with Crippen molar-refractivity contribution in [2.45, 2.75) is 0 Å². The summed E-state index contributed by atoms with van der Waals surface area (Å²) in [6, 6.07) is 21.5. The van der Waals surface area contributed by atoms with E-state index in [0.717, 1.165) is 15.6 Å². The average Bonchev–Trinajstić information content (AvgIpc) is 3.05. The first-order valence-electron chi connectivity index (χ1n) is 8.89. The Balaban J connectivity index is 1.84. The van der Waals surface area contributed by atoms with E-state index < -0.39 is 0 Å². The van der Waals surface area contributed by atoms with Crippen LogP contribution in [0.15, 0.2) is 88.0 Å². The van der Waals surface area contributed by atoms with Gasteiger partial charge in [0.25, 0.3) is 5.91 Å². The summed E-state index contributed by atoms with van der Waals surface area (Å²) in [4.78, 5) is 19.5. The number of phenolic OH excluding ortho intramolecular Hbond substituents is 1. The zero-order valence-corrected chi connectivity index (χ0v) is 17.1. The largest absolute Gasteiger partial charge is 0.508 e. The first-order valence-corrected chi connectivity index (χ1v) is 9.69. The molecule has 0 radical (unpaired) electrons. The van der Waals surface area contributed by atoms with E-state index in [0.29, 0.717) is 23.0 Å². The van der Waals surface area contributed by atoms with Gasteiger partial charge in [0.15, 0.2) is 0 Å². The second-order valence-electron chi connectivity index (χ2n) is 6.38. The summed E-state index contributed by atoms with van der Waals surface area (Å²) >= 11 is 3.55. The van der Waals surface area contributed by atoms with Crippen LogP contribution in [0.4, 0.5) is 5.69 Å². The van der Waals surface area contributed by atoms with Gasteiger partial charge in [0.2, 0.25) is 0 Å². The Morgan fingerprint density at radius 2 is 1.79 bits per heavy atom. The molecule has 0 aromatic heterocycles. The number of amidine groups is 1. The number of carbonyl (C=O) groups is 1. The fraction of sp³-hybridized carbons (Fsp3) is 0.0435. The van der Waals surface area contributed by atoms with Gasteiger partial charge >= 0.3 is 0 Å². The fourth-order valence-corrected chi connectivity index (χ4v) is 3.53. The summed E-state index contributed by atoms with van der Waals surface area (Å²) in [6.07, 6.45) is 1.74. The lowest BCUT2D eigenvalue weighted by Crippen LogP contribution is -2.32. The third kappa shape index (κ3) is 3.79. The first kappa shape index (κ1) is 19.0. The van der Waals surface area contributed by atoms with Crippen molar-refractivity contribution in [2.75, 3.05) is 12.0 Å². The molecule has 0 saturated carbocycles. The van der Waals surface area contributed by atoms with Crippen LogP contribution in [0.3, 0.4) is 0 Å². The van der Waals surface area contributed by atoms with Gasteiger partial charge in [-0.25, -0.2) is 4.99 Å². The molecule has 29 heavy (non-hydrogen) atoms. The van der Waals surface area contributed by atoms with Crippen LogP contribution in [-0.4, -0.2) is 24.0 Å². The highest BCUT2D eigenvalue weighted by Crippen LogP contribution is 2.31. The quantitative estimate of drug-likeness (QED) is 0.571. The second kappa shape index (κ2) is 7.93. The Morgan fingerprint density at radius 3 is 2.52 bits per heavy atom. The third-order valence-electron chi connectivity index (χ3n) is 4.48. The number of carbonyl (C=O) groups excluding carboxylic acids is 1. The van der Waals surface area contributed by atoms with Crippen LogP contribution in [0.25, 0.3) is 6.08 Å². The molecule has 0 spiro atoms. The van der Waals surface area contributed by atoms with E-state index in [-0.39, 0.29) is 11.7 Å². The number of methoxy groups -OCH3 is 1. The lowest BCUT2D eigenvalue weighted by atomic mass is 10.1. The van der Waals surface area contributed by atoms with Crippen molar-refractivity contribution in [1.82, 2.24) is 0 Å². The molecule has 144 valence electrons. The van der Waals surface area contributed by atoms with Gasteiger partial charge in [0, 0.05) is 10.0 Å². The molecule has 0 saturated heterocycles. The molecule has 1 aliphatic rings. The van der Waals surface area contributed by atoms with Crippen LogP contribution in [0.1, 0.15) is 11.1 Å². The highest BCUT2D eigenvalue weighted by molar-refractivity contribution is 9.10. The Kier molecular flexibility index (Phi) is 5.18. The maximum absolute atomic E-state index is 13.3. The molecule has 5 nitrogen and oxygen atoms in total. The Labute approximate surface area is 176 Å². The molecule has 0 unspecified atom stereocenters. The predicted molar refractivity (Wildman–Crippen MR) is 117 cm³/mol. The predicted octanol–water partition coefficient (Wildman–Crippen LogP) is 5.00. The number of hydrogen-bond donors (Lipinski definition) is 1. The van der Waals surface area contributed by atoms with Gasteiger partial charge in [-0.1, -0.05) is 46.3 Å². The summed E-state index contributed by atoms with van der Waals surface area (Å²) in [5.74, 6) is 1.11. The average molecular weight is 449 g/mol. The maximum atomic E-state index is 13.3. The lowest BCUT2D eigenvalue weighted by Gasteiger charge is -2.19. The van der Waals surface area contributed by atoms with E-state index in [1.54, 1.807) is 42.4 Å². The number of benzene rings is 3. The van der Waals surface area contributed by atoms with Crippen LogP contribution in [0.2, 0.25) is 0 Å². The van der Waals surface area contributed by atoms with E-state index in [1.807, 2.05) is 48.5 Å². The molecule has 1 heterocycles. The number of amides is 1. The van der Waals surface area contributed by atoms with E-state index in [4.69, 9.17) is 4.74 Å². The maximum Gasteiger partial charge on any atom is 0.282 e. The van der Waals surface area contributed by atoms with Gasteiger partial charge in [-0.3, -0.25) is 9.69 Å². The minimum Gasteiger partial charge on any atom is -0.508 e. The van der Waals surface area contributed by atoms with Crippen LogP contribution in [0, 0.1) is 0 Å². The molecular weight excluding hydrogens is 432 g/mol. The number of phenols is 1. The summed E-state index contributed by atoms with van der Waals surface area (Å²) in [5.41, 5.74) is 2.55. The standard InChI is InChI=1S/C23H17BrN2O3/c1-29-18-6-4-5-15(13-18)14-21-23(28)26(16-9-11-17(27)12-10-16)22(25-21)19-7-2-3-8-20(19)24/h2-14,27H,1H3/b21-14+. The highest BCUT2D eigenvalue weighted by atomic mass is 79.9. The van der Waals surface area contributed by atoms with E-state index in [2.05, 4.69) is 20.9 Å². The number of nitrogens with zero attached hydrogens (tertiary/aromatic N) is 2. The summed E-state index contributed by atoms with van der Waals surface area (Å²) in [5, 5.41) is 9.62. The topological polar surface area (TPSA) is 62.1 Å². The summed E-state index contributed by atoms with van der Waals surface area (Å²) in [6.45, 7) is 0. The molecule has 4 rings (SSSR count). The number of anilines is 1. The molecule has 0 aliphatic carbocycles. The van der Waals surface area contributed by atoms with E-state index in [9.17, 15) is 9.90 Å². The van der Waals surface area contributed by atoms with Crippen molar-refractivity contribution in [3.05, 3.63) is 94.1 Å². The number of aliphatic imine (C=N–C) groups is 1. The lowest BCUT2D eigenvalue weighted by molar-refractivity contribution is -0.113. The van der Waals surface area contributed by atoms with Gasteiger partial charge in [-0.05, 0) is 54.1 Å². The molecule has 1 amide bonds. The zero-order valence-electron chi connectivity index (χ0n) is 15.5. The Hall–Kier alpha value is -3.38. The SMILES string of the molecule is COc1cccc(/C=C2/N=C(c3ccccc3Br)N(c3ccc(O)cc3)C2=O)c1. The van der Waals surface area contributed by atoms with Crippen LogP contribution in [0.5, 0.6) is 11.5 Å². The third-order valence-corrected chi connectivity index (χ3v) is 5.17. The molecular formula is C23H17BrN2O3. The molecule has 3 aromatic carbocycles. The van der Waals surface area contributed by atoms with Crippen molar-refractivity contribution in [3.63, 3.8) is 0 Å². The van der Waals surface area contributed by atoms with Gasteiger partial charge in [0.05, 0.1) is 12.8 Å². The molecule has 3 aromatic rings. The summed E-state index contributed by atoms with van der Waals surface area (Å²) < 4.78 is 6.10. The van der Waals surface area contributed by atoms with Crippen molar-refractivity contribution < 1.29 is 14.6 Å². The molecule has 1 N–H and O–H groups in total. The summed E-state index contributed by atoms with van der Waals surface area (Å²) in [7, 11) is 1.60. The van der Waals surface area contributed by atoms with Crippen LogP contribution < -0.4 is 9.64 Å². The molecule has 6 heteroatoms. The number of rotatable bonds is 4. The van der Waals surface area contributed by atoms with Crippen molar-refractivity contribution in [2.24, 2.45) is 4.99 Å². The van der Waals surface area contributed by atoms with Crippen molar-refractivity contribution in [1.29, 1.82) is 0 Å². The molecule has 0 fully saturated rings. The van der Waals surface area contributed by atoms with Crippen molar-refractivity contribution in [3.8, 4) is 11.5 Å². The number of aromatic hydroxyl groups is 1. The minimum atomic E-state index is -0.246. The van der Waals surface area contributed by atoms with Crippen LogP contribution in [-0.2, 0) is 4.79 Å². The zero-order chi connectivity index (χ0) is 20.4. The molecule has 1 aliphatic heterocycles. The molecule has 0 bridgehead atoms. The Morgan fingerprint density at radius 1 is 1.03 bits per heavy atom.